The van der Waals surface area contributed by atoms with Crippen molar-refractivity contribution in [2.45, 2.75) is 0 Å². The van der Waals surface area contributed by atoms with Crippen LogP contribution in [0.25, 0.3) is 71.9 Å². The highest BCUT2D eigenvalue weighted by atomic mass is 15.1. The molecule has 7 aromatic carbocycles. The van der Waals surface area contributed by atoms with Crippen molar-refractivity contribution in [1.82, 2.24) is 9.55 Å². The molecule has 0 aliphatic rings. The molecule has 10 heteroatoms. The second kappa shape index (κ2) is 11.9. The first kappa shape index (κ1) is 31.3. The Morgan fingerprint density at radius 3 is 1.24 bits per heavy atom. The van der Waals surface area contributed by atoms with Crippen LogP contribution >= 0.6 is 0 Å². The molecule has 2 nitrogen and oxygen atoms in total. The molecule has 0 N–H and O–H groups in total. The minimum atomic E-state index is 0.949. The Kier molecular flexibility index (Phi) is 7.59. The van der Waals surface area contributed by atoms with Crippen LogP contribution in [-0.4, -0.2) is 72.3 Å². The lowest BCUT2D eigenvalue weighted by Gasteiger charge is -2.28. The van der Waals surface area contributed by atoms with Crippen LogP contribution < -0.4 is 43.7 Å². The fourth-order valence-corrected chi connectivity index (χ4v) is 8.15. The van der Waals surface area contributed by atoms with Crippen LogP contribution in [0.15, 0.2) is 109 Å². The van der Waals surface area contributed by atoms with E-state index < -0.39 is 0 Å². The van der Waals surface area contributed by atoms with Crippen molar-refractivity contribution in [3.63, 3.8) is 0 Å². The van der Waals surface area contributed by atoms with Crippen LogP contribution in [-0.2, 0) is 0 Å². The number of benzene rings is 7. The predicted molar refractivity (Wildman–Crippen MR) is 238 cm³/mol. The molecule has 0 unspecified atom stereocenters. The summed E-state index contributed by atoms with van der Waals surface area (Å²) in [6, 6.07) is 39.2. The Bertz CT molecular complexity index is 2540. The lowest BCUT2D eigenvalue weighted by atomic mass is 9.59. The SMILES string of the molecule is Bc1c(B)c(B)c2c(-c3ccc(-c4nc5ccccc5n4-c4ccccc4)cc3)c3c(B)c(B)c(B)c(B)c3c(-c3ccccc3)c2c1B. The summed E-state index contributed by atoms with van der Waals surface area (Å²) in [5.74, 6) is 0.949. The van der Waals surface area contributed by atoms with E-state index in [-0.39, 0.29) is 0 Å². The van der Waals surface area contributed by atoms with Crippen LogP contribution in [0.4, 0.5) is 0 Å². The third-order valence-corrected chi connectivity index (χ3v) is 11.4. The predicted octanol–water partition coefficient (Wildman–Crippen LogP) is -3.60. The highest BCUT2D eigenvalue weighted by molar-refractivity contribution is 6.71. The first-order valence-corrected chi connectivity index (χ1v) is 17.3. The second-order valence-corrected chi connectivity index (χ2v) is 13.8. The summed E-state index contributed by atoms with van der Waals surface area (Å²) in [4.78, 5) is 5.16. The summed E-state index contributed by atoms with van der Waals surface area (Å²) in [5, 5.41) is 5.47. The first-order valence-electron chi connectivity index (χ1n) is 17.3. The van der Waals surface area contributed by atoms with Gasteiger partial charge in [-0.1, -0.05) is 107 Å². The zero-order valence-corrected chi connectivity index (χ0v) is 29.8. The van der Waals surface area contributed by atoms with E-state index in [1.54, 1.807) is 0 Å². The molecule has 0 amide bonds. The van der Waals surface area contributed by atoms with E-state index in [4.69, 9.17) is 4.98 Å². The summed E-state index contributed by atoms with van der Waals surface area (Å²) in [5.41, 5.74) is 20.4. The minimum absolute atomic E-state index is 0.949. The Hall–Kier alpha value is -4.95. The standard InChI is InChI=1S/C39H34B8N2/c40-31-27-25(19-9-3-1-4-10-19)28-30(34(43)38(47)36(45)32(28)41)26(29(27)33(42)37(46)35(31)44)20-15-17-21(18-16-20)39-48-23-13-7-8-14-24(23)49(39)22-11-5-2-6-12-22/h1-18H,40-47H2. The maximum Gasteiger partial charge on any atom is 0.145 e. The largest absolute Gasteiger partial charge is 0.292 e. The monoisotopic (exact) mass is 618 g/mol. The molecule has 0 spiro atoms. The van der Waals surface area contributed by atoms with E-state index >= 15 is 0 Å². The number of hydrogen-bond acceptors (Lipinski definition) is 1. The number of para-hydroxylation sites is 3. The van der Waals surface area contributed by atoms with Gasteiger partial charge in [0.15, 0.2) is 0 Å². The van der Waals surface area contributed by atoms with Crippen molar-refractivity contribution in [2.75, 3.05) is 0 Å². The normalized spacial score (nSPS) is 11.5. The third kappa shape index (κ3) is 4.71. The summed E-state index contributed by atoms with van der Waals surface area (Å²) in [6.07, 6.45) is 0. The third-order valence-electron chi connectivity index (χ3n) is 11.4. The van der Waals surface area contributed by atoms with Gasteiger partial charge < -0.3 is 0 Å². The van der Waals surface area contributed by atoms with Crippen LogP contribution in [0.2, 0.25) is 0 Å². The Labute approximate surface area is 296 Å². The molecule has 0 saturated heterocycles. The second-order valence-electron chi connectivity index (χ2n) is 13.8. The summed E-state index contributed by atoms with van der Waals surface area (Å²) >= 11 is 0. The first-order chi connectivity index (χ1) is 23.7. The van der Waals surface area contributed by atoms with Gasteiger partial charge in [-0.05, 0) is 68.1 Å². The van der Waals surface area contributed by atoms with Crippen LogP contribution in [0.1, 0.15) is 0 Å². The molecule has 0 saturated carbocycles. The Morgan fingerprint density at radius 2 is 0.755 bits per heavy atom. The van der Waals surface area contributed by atoms with Crippen molar-refractivity contribution < 1.29 is 0 Å². The number of rotatable bonds is 4. The molecular weight excluding hydrogens is 583 g/mol. The minimum Gasteiger partial charge on any atom is -0.292 e. The van der Waals surface area contributed by atoms with Gasteiger partial charge in [0.05, 0.1) is 11.0 Å². The van der Waals surface area contributed by atoms with E-state index in [0.717, 1.165) is 28.1 Å². The molecule has 0 radical (unpaired) electrons. The molecular formula is C39H34B8N2. The number of hydrogen-bond donors (Lipinski definition) is 0. The zero-order chi connectivity index (χ0) is 34.1. The van der Waals surface area contributed by atoms with Gasteiger partial charge in [-0.15, -0.1) is 21.9 Å². The van der Waals surface area contributed by atoms with Crippen LogP contribution in [0.5, 0.6) is 0 Å². The van der Waals surface area contributed by atoms with E-state index in [0.29, 0.717) is 0 Å². The average molecular weight is 617 g/mol. The maximum absolute atomic E-state index is 5.16. The number of nitrogens with zero attached hydrogens (tertiary/aromatic N) is 2. The van der Waals surface area contributed by atoms with Gasteiger partial charge in [0.1, 0.15) is 68.6 Å². The highest BCUT2D eigenvalue weighted by Gasteiger charge is 2.25. The zero-order valence-electron chi connectivity index (χ0n) is 29.8. The molecule has 0 aliphatic heterocycles. The number of aromatic nitrogens is 2. The van der Waals surface area contributed by atoms with Crippen LogP contribution in [0, 0.1) is 0 Å². The van der Waals surface area contributed by atoms with Gasteiger partial charge >= 0.3 is 0 Å². The van der Waals surface area contributed by atoms with Crippen molar-refractivity contribution in [3.8, 4) is 39.3 Å². The molecule has 1 aromatic heterocycles. The molecule has 1 heterocycles. The Morgan fingerprint density at radius 1 is 0.367 bits per heavy atom. The molecule has 0 aliphatic carbocycles. The van der Waals surface area contributed by atoms with Gasteiger partial charge in [-0.25, -0.2) is 4.98 Å². The summed E-state index contributed by atoms with van der Waals surface area (Å²) in [7, 11) is 18.5. The summed E-state index contributed by atoms with van der Waals surface area (Å²) < 4.78 is 2.28. The molecule has 224 valence electrons. The van der Waals surface area contributed by atoms with Crippen LogP contribution in [0.3, 0.4) is 0 Å². The molecule has 8 rings (SSSR count). The van der Waals surface area contributed by atoms with E-state index in [1.165, 1.54) is 87.5 Å². The molecule has 0 atom stereocenters. The lowest BCUT2D eigenvalue weighted by Crippen LogP contribution is -2.50. The van der Waals surface area contributed by atoms with Gasteiger partial charge in [-0.2, -0.15) is 0 Å². The fraction of sp³-hybridized carbons (Fsp3) is 0. The summed E-state index contributed by atoms with van der Waals surface area (Å²) in [6.45, 7) is 0. The Balaban J connectivity index is 1.49. The molecule has 0 fully saturated rings. The lowest BCUT2D eigenvalue weighted by molar-refractivity contribution is 1.10. The molecule has 0 bridgehead atoms. The van der Waals surface area contributed by atoms with Gasteiger partial charge in [-0.3, -0.25) is 4.57 Å². The van der Waals surface area contributed by atoms with Gasteiger partial charge in [0, 0.05) is 11.3 Å². The van der Waals surface area contributed by atoms with Gasteiger partial charge in [0.2, 0.25) is 0 Å². The average Bonchev–Trinajstić information content (AvgIpc) is 3.54. The number of imidazole rings is 1. The maximum atomic E-state index is 5.16. The molecule has 49 heavy (non-hydrogen) atoms. The van der Waals surface area contributed by atoms with Gasteiger partial charge in [0.25, 0.3) is 0 Å². The van der Waals surface area contributed by atoms with Crippen molar-refractivity contribution in [3.05, 3.63) is 109 Å². The smallest absolute Gasteiger partial charge is 0.145 e. The number of fused-ring (bicyclic) bond motifs is 3. The van der Waals surface area contributed by atoms with Crippen molar-refractivity contribution >= 4 is 139 Å². The fourth-order valence-electron chi connectivity index (χ4n) is 8.15. The van der Waals surface area contributed by atoms with E-state index in [9.17, 15) is 0 Å². The highest BCUT2D eigenvalue weighted by Crippen LogP contribution is 2.41. The topological polar surface area (TPSA) is 17.8 Å². The quantitative estimate of drug-likeness (QED) is 0.148. The van der Waals surface area contributed by atoms with Crippen molar-refractivity contribution in [1.29, 1.82) is 0 Å². The van der Waals surface area contributed by atoms with E-state index in [1.807, 2.05) is 0 Å². The van der Waals surface area contributed by atoms with E-state index in [2.05, 4.69) is 177 Å². The van der Waals surface area contributed by atoms with Crippen molar-refractivity contribution in [2.24, 2.45) is 0 Å². The molecule has 8 aromatic rings.